The van der Waals surface area contributed by atoms with Gasteiger partial charge in [0, 0.05) is 23.1 Å². The molecule has 0 aromatic heterocycles. The lowest BCUT2D eigenvalue weighted by Gasteiger charge is -2.18. The molecule has 1 fully saturated rings. The van der Waals surface area contributed by atoms with Crippen LogP contribution in [0.2, 0.25) is 10.0 Å². The van der Waals surface area contributed by atoms with Gasteiger partial charge in [0.25, 0.3) is 0 Å². The van der Waals surface area contributed by atoms with E-state index in [1.807, 2.05) is 12.1 Å². The lowest BCUT2D eigenvalue weighted by atomic mass is 10.1. The van der Waals surface area contributed by atoms with Gasteiger partial charge in [-0.1, -0.05) is 29.3 Å². The van der Waals surface area contributed by atoms with E-state index < -0.39 is 0 Å². The van der Waals surface area contributed by atoms with Crippen molar-refractivity contribution in [1.29, 1.82) is 0 Å². The number of rotatable bonds is 1. The van der Waals surface area contributed by atoms with E-state index in [0.29, 0.717) is 0 Å². The van der Waals surface area contributed by atoms with Gasteiger partial charge in [0.1, 0.15) is 0 Å². The minimum atomic E-state index is 0.725. The molecule has 1 aromatic rings. The zero-order valence-corrected chi connectivity index (χ0v) is 8.49. The molecule has 0 radical (unpaired) electrons. The first-order valence-corrected chi connectivity index (χ1v) is 4.86. The highest BCUT2D eigenvalue weighted by Gasteiger charge is 2.07. The minimum absolute atomic E-state index is 0.725. The zero-order chi connectivity index (χ0) is 9.26. The largest absolute Gasteiger partial charge is 0.309 e. The summed E-state index contributed by atoms with van der Waals surface area (Å²) in [6.07, 6.45) is 2.09. The molecule has 0 spiro atoms. The van der Waals surface area contributed by atoms with Crippen molar-refractivity contribution in [2.75, 3.05) is 13.1 Å². The second-order valence-electron chi connectivity index (χ2n) is 3.07. The van der Waals surface area contributed by atoms with Crippen LogP contribution in [0.15, 0.2) is 23.8 Å². The van der Waals surface area contributed by atoms with Gasteiger partial charge in [0.15, 0.2) is 0 Å². The van der Waals surface area contributed by atoms with Crippen LogP contribution in [0.3, 0.4) is 0 Å². The average molecular weight is 214 g/mol. The highest BCUT2D eigenvalue weighted by atomic mass is 35.5. The number of hydrogen-bond donors (Lipinski definition) is 1. The van der Waals surface area contributed by atoms with E-state index in [-0.39, 0.29) is 0 Å². The van der Waals surface area contributed by atoms with Gasteiger partial charge in [-0.25, -0.2) is 0 Å². The van der Waals surface area contributed by atoms with Gasteiger partial charge in [-0.2, -0.15) is 0 Å². The SMILES string of the molecule is Clc1ccc(Cl)c(C=C2CNC2)c1. The molecule has 1 aliphatic heterocycles. The maximum atomic E-state index is 6.00. The summed E-state index contributed by atoms with van der Waals surface area (Å²) in [5.41, 5.74) is 2.37. The van der Waals surface area contributed by atoms with E-state index in [4.69, 9.17) is 23.2 Å². The van der Waals surface area contributed by atoms with Crippen molar-refractivity contribution in [2.45, 2.75) is 0 Å². The molecule has 3 heteroatoms. The molecule has 0 unspecified atom stereocenters. The van der Waals surface area contributed by atoms with Gasteiger partial charge >= 0.3 is 0 Å². The Kier molecular flexibility index (Phi) is 2.58. The van der Waals surface area contributed by atoms with E-state index in [2.05, 4.69) is 11.4 Å². The maximum Gasteiger partial charge on any atom is 0.0479 e. The molecule has 1 saturated heterocycles. The summed E-state index contributed by atoms with van der Waals surface area (Å²) in [6.45, 7) is 1.92. The molecule has 0 amide bonds. The van der Waals surface area contributed by atoms with Crippen LogP contribution in [-0.4, -0.2) is 13.1 Å². The van der Waals surface area contributed by atoms with Crippen molar-refractivity contribution in [2.24, 2.45) is 0 Å². The minimum Gasteiger partial charge on any atom is -0.309 e. The monoisotopic (exact) mass is 213 g/mol. The first kappa shape index (κ1) is 9.07. The highest BCUT2D eigenvalue weighted by molar-refractivity contribution is 6.34. The molecular formula is C10H9Cl2N. The topological polar surface area (TPSA) is 12.0 Å². The molecule has 0 bridgehead atoms. The van der Waals surface area contributed by atoms with Gasteiger partial charge in [-0.05, 0) is 29.3 Å². The second kappa shape index (κ2) is 3.70. The third kappa shape index (κ3) is 2.05. The summed E-state index contributed by atoms with van der Waals surface area (Å²) >= 11 is 11.9. The van der Waals surface area contributed by atoms with Gasteiger partial charge in [-0.15, -0.1) is 0 Å². The molecule has 0 atom stereocenters. The molecule has 1 heterocycles. The molecule has 1 N–H and O–H groups in total. The lowest BCUT2D eigenvalue weighted by Crippen LogP contribution is -2.33. The summed E-state index contributed by atoms with van der Waals surface area (Å²) in [5.74, 6) is 0. The van der Waals surface area contributed by atoms with Crippen molar-refractivity contribution >= 4 is 29.3 Å². The Morgan fingerprint density at radius 2 is 2.00 bits per heavy atom. The summed E-state index contributed by atoms with van der Waals surface area (Å²) in [7, 11) is 0. The fourth-order valence-electron chi connectivity index (χ4n) is 1.22. The van der Waals surface area contributed by atoms with E-state index in [0.717, 1.165) is 28.7 Å². The van der Waals surface area contributed by atoms with E-state index >= 15 is 0 Å². The molecule has 0 saturated carbocycles. The van der Waals surface area contributed by atoms with Gasteiger partial charge in [-0.3, -0.25) is 0 Å². The number of halogens is 2. The van der Waals surface area contributed by atoms with Crippen LogP contribution < -0.4 is 5.32 Å². The average Bonchev–Trinajstić information content (AvgIpc) is 2.03. The Labute approximate surface area is 87.4 Å². The molecule has 2 rings (SSSR count). The predicted octanol–water partition coefficient (Wildman–Crippen LogP) is 2.98. The number of benzene rings is 1. The lowest BCUT2D eigenvalue weighted by molar-refractivity contribution is 0.675. The van der Waals surface area contributed by atoms with E-state index in [9.17, 15) is 0 Å². The summed E-state index contributed by atoms with van der Waals surface area (Å²) in [5, 5.41) is 4.65. The van der Waals surface area contributed by atoms with Crippen molar-refractivity contribution in [3.63, 3.8) is 0 Å². The van der Waals surface area contributed by atoms with Crippen LogP contribution >= 0.6 is 23.2 Å². The smallest absolute Gasteiger partial charge is 0.0479 e. The Balaban J connectivity index is 2.33. The van der Waals surface area contributed by atoms with Crippen molar-refractivity contribution in [3.05, 3.63) is 39.4 Å². The standard InChI is InChI=1S/C10H9Cl2N/c11-9-1-2-10(12)8(4-9)3-7-5-13-6-7/h1-4,13H,5-6H2. The number of nitrogens with one attached hydrogen (secondary N) is 1. The Hall–Kier alpha value is -0.500. The van der Waals surface area contributed by atoms with Gasteiger partial charge in [0.2, 0.25) is 0 Å². The molecule has 1 nitrogen and oxygen atoms in total. The van der Waals surface area contributed by atoms with Crippen LogP contribution in [0.5, 0.6) is 0 Å². The van der Waals surface area contributed by atoms with Crippen LogP contribution in [0.1, 0.15) is 5.56 Å². The van der Waals surface area contributed by atoms with Crippen molar-refractivity contribution in [3.8, 4) is 0 Å². The van der Waals surface area contributed by atoms with E-state index in [1.165, 1.54) is 5.57 Å². The van der Waals surface area contributed by atoms with Crippen LogP contribution in [0.25, 0.3) is 6.08 Å². The summed E-state index contributed by atoms with van der Waals surface area (Å²) < 4.78 is 0. The fourth-order valence-corrected chi connectivity index (χ4v) is 1.57. The van der Waals surface area contributed by atoms with Gasteiger partial charge < -0.3 is 5.32 Å². The van der Waals surface area contributed by atoms with Crippen LogP contribution in [0.4, 0.5) is 0 Å². The third-order valence-electron chi connectivity index (χ3n) is 2.02. The maximum absolute atomic E-state index is 6.00. The van der Waals surface area contributed by atoms with Crippen molar-refractivity contribution < 1.29 is 0 Å². The molecule has 1 aliphatic rings. The summed E-state index contributed by atoms with van der Waals surface area (Å²) in [4.78, 5) is 0. The first-order chi connectivity index (χ1) is 6.25. The van der Waals surface area contributed by atoms with Gasteiger partial charge in [0.05, 0.1) is 0 Å². The predicted molar refractivity (Wildman–Crippen MR) is 57.3 cm³/mol. The Bertz CT molecular complexity index is 352. The zero-order valence-electron chi connectivity index (χ0n) is 6.98. The Morgan fingerprint density at radius 3 is 2.62 bits per heavy atom. The molecule has 13 heavy (non-hydrogen) atoms. The van der Waals surface area contributed by atoms with E-state index in [1.54, 1.807) is 6.07 Å². The molecule has 1 aromatic carbocycles. The molecule has 0 aliphatic carbocycles. The first-order valence-electron chi connectivity index (χ1n) is 4.11. The fraction of sp³-hybridized carbons (Fsp3) is 0.200. The summed E-state index contributed by atoms with van der Waals surface area (Å²) in [6, 6.07) is 5.50. The van der Waals surface area contributed by atoms with Crippen LogP contribution in [0, 0.1) is 0 Å². The normalized spacial score (nSPS) is 15.4. The van der Waals surface area contributed by atoms with Crippen LogP contribution in [-0.2, 0) is 0 Å². The Morgan fingerprint density at radius 1 is 1.23 bits per heavy atom. The third-order valence-corrected chi connectivity index (χ3v) is 2.60. The van der Waals surface area contributed by atoms with Crippen molar-refractivity contribution in [1.82, 2.24) is 5.32 Å². The quantitative estimate of drug-likeness (QED) is 0.757. The second-order valence-corrected chi connectivity index (χ2v) is 3.92. The molecule has 68 valence electrons. The highest BCUT2D eigenvalue weighted by Crippen LogP contribution is 2.23. The number of hydrogen-bond acceptors (Lipinski definition) is 1. The molecular weight excluding hydrogens is 205 g/mol.